The number of hydrogen-bond acceptors (Lipinski definition) is 4. The van der Waals surface area contributed by atoms with Crippen LogP contribution in [0.5, 0.6) is 0 Å². The number of amides is 1. The molecule has 0 saturated heterocycles. The first kappa shape index (κ1) is 18.1. The van der Waals surface area contributed by atoms with Crippen LogP contribution in [0.15, 0.2) is 65.3 Å². The number of halogens is 1. The maximum atomic E-state index is 12.8. The zero-order valence-electron chi connectivity index (χ0n) is 14.3. The monoisotopic (exact) mass is 412 g/mol. The molecule has 6 heteroatoms. The van der Waals surface area contributed by atoms with Gasteiger partial charge in [-0.1, -0.05) is 52.3 Å². The summed E-state index contributed by atoms with van der Waals surface area (Å²) in [5, 5.41) is 4.61. The highest BCUT2D eigenvalue weighted by Crippen LogP contribution is 2.25. The van der Waals surface area contributed by atoms with Gasteiger partial charge in [-0.25, -0.2) is 4.79 Å². The number of esters is 1. The molecule has 0 radical (unpaired) electrons. The molecule has 26 heavy (non-hydrogen) atoms. The van der Waals surface area contributed by atoms with Gasteiger partial charge in [0.25, 0.3) is 5.91 Å². The van der Waals surface area contributed by atoms with Gasteiger partial charge in [-0.2, -0.15) is 0 Å². The van der Waals surface area contributed by atoms with E-state index in [0.717, 1.165) is 15.2 Å². The summed E-state index contributed by atoms with van der Waals surface area (Å²) in [5.41, 5.74) is -0.488. The van der Waals surface area contributed by atoms with E-state index >= 15 is 0 Å². The number of pyridine rings is 1. The fourth-order valence-electron chi connectivity index (χ4n) is 2.73. The van der Waals surface area contributed by atoms with Crippen LogP contribution in [0.2, 0.25) is 0 Å². The molecule has 1 amide bonds. The zero-order valence-corrected chi connectivity index (χ0v) is 15.9. The maximum Gasteiger partial charge on any atom is 0.336 e. The minimum Gasteiger partial charge on any atom is -0.467 e. The summed E-state index contributed by atoms with van der Waals surface area (Å²) in [5.74, 6) is -1.01. The summed E-state index contributed by atoms with van der Waals surface area (Å²) >= 11 is 3.36. The SMILES string of the molecule is COC(=O)[C@@](C)(NC(=O)c1cc2ccccc2cn1)c1ccc(Br)cc1. The number of nitrogens with one attached hydrogen (secondary N) is 1. The highest BCUT2D eigenvalue weighted by molar-refractivity contribution is 9.10. The molecule has 0 aliphatic carbocycles. The van der Waals surface area contributed by atoms with Crippen molar-refractivity contribution in [2.45, 2.75) is 12.5 Å². The third kappa shape index (κ3) is 3.46. The molecule has 1 aromatic heterocycles. The van der Waals surface area contributed by atoms with E-state index in [2.05, 4.69) is 26.2 Å². The van der Waals surface area contributed by atoms with E-state index < -0.39 is 17.4 Å². The van der Waals surface area contributed by atoms with E-state index in [1.165, 1.54) is 7.11 Å². The Morgan fingerprint density at radius 2 is 1.73 bits per heavy atom. The average Bonchev–Trinajstić information content (AvgIpc) is 2.67. The summed E-state index contributed by atoms with van der Waals surface area (Å²) < 4.78 is 5.79. The molecule has 5 nitrogen and oxygen atoms in total. The van der Waals surface area contributed by atoms with Gasteiger partial charge < -0.3 is 10.1 Å². The number of methoxy groups -OCH3 is 1. The van der Waals surface area contributed by atoms with E-state index in [-0.39, 0.29) is 5.69 Å². The van der Waals surface area contributed by atoms with Crippen LogP contribution in [0.1, 0.15) is 23.0 Å². The van der Waals surface area contributed by atoms with E-state index in [1.54, 1.807) is 43.5 Å². The Labute approximate surface area is 159 Å². The second-order valence-corrected chi connectivity index (χ2v) is 6.91. The number of aromatic nitrogens is 1. The molecular weight excluding hydrogens is 396 g/mol. The van der Waals surface area contributed by atoms with Crippen molar-refractivity contribution in [3.05, 3.63) is 76.5 Å². The van der Waals surface area contributed by atoms with Crippen LogP contribution in [0.3, 0.4) is 0 Å². The van der Waals surface area contributed by atoms with Crippen molar-refractivity contribution in [2.75, 3.05) is 7.11 Å². The summed E-state index contributed by atoms with van der Waals surface area (Å²) in [6, 6.07) is 16.4. The molecule has 1 heterocycles. The molecule has 3 rings (SSSR count). The topological polar surface area (TPSA) is 68.3 Å². The van der Waals surface area contributed by atoms with Crippen LogP contribution in [0.25, 0.3) is 10.8 Å². The van der Waals surface area contributed by atoms with Crippen molar-refractivity contribution in [3.8, 4) is 0 Å². The second kappa shape index (κ2) is 7.25. The van der Waals surface area contributed by atoms with Crippen LogP contribution in [-0.2, 0) is 15.1 Å². The lowest BCUT2D eigenvalue weighted by atomic mass is 9.91. The fourth-order valence-corrected chi connectivity index (χ4v) is 2.99. The van der Waals surface area contributed by atoms with Gasteiger partial charge in [0.1, 0.15) is 5.69 Å². The second-order valence-electron chi connectivity index (χ2n) is 5.99. The van der Waals surface area contributed by atoms with E-state index in [1.807, 2.05) is 24.3 Å². The fraction of sp³-hybridized carbons (Fsp3) is 0.150. The number of ether oxygens (including phenoxy) is 1. The van der Waals surface area contributed by atoms with Crippen LogP contribution in [-0.4, -0.2) is 24.0 Å². The number of rotatable bonds is 4. The molecule has 0 fully saturated rings. The number of hydrogen-bond donors (Lipinski definition) is 1. The Hall–Kier alpha value is -2.73. The van der Waals surface area contributed by atoms with Gasteiger partial charge in [0.2, 0.25) is 0 Å². The molecule has 0 aliphatic rings. The zero-order chi connectivity index (χ0) is 18.7. The predicted octanol–water partition coefficient (Wildman–Crippen LogP) is 3.82. The van der Waals surface area contributed by atoms with Crippen LogP contribution >= 0.6 is 15.9 Å². The Morgan fingerprint density at radius 3 is 2.38 bits per heavy atom. The van der Waals surface area contributed by atoms with Crippen molar-refractivity contribution in [1.82, 2.24) is 10.3 Å². The largest absolute Gasteiger partial charge is 0.467 e. The Balaban J connectivity index is 1.96. The van der Waals surface area contributed by atoms with Crippen LogP contribution in [0, 0.1) is 0 Å². The van der Waals surface area contributed by atoms with Crippen molar-refractivity contribution in [3.63, 3.8) is 0 Å². The third-order valence-electron chi connectivity index (χ3n) is 4.24. The lowest BCUT2D eigenvalue weighted by Crippen LogP contribution is -2.50. The molecule has 0 spiro atoms. The van der Waals surface area contributed by atoms with Gasteiger partial charge in [-0.05, 0) is 36.1 Å². The Bertz CT molecular complexity index is 972. The van der Waals surface area contributed by atoms with Gasteiger partial charge in [-0.3, -0.25) is 9.78 Å². The number of fused-ring (bicyclic) bond motifs is 1. The van der Waals surface area contributed by atoms with Crippen molar-refractivity contribution in [2.24, 2.45) is 0 Å². The molecule has 0 saturated carbocycles. The molecule has 132 valence electrons. The first-order valence-corrected chi connectivity index (χ1v) is 8.75. The minimum absolute atomic E-state index is 0.232. The minimum atomic E-state index is -1.33. The summed E-state index contributed by atoms with van der Waals surface area (Å²) in [7, 11) is 1.29. The predicted molar refractivity (Wildman–Crippen MR) is 103 cm³/mol. The summed E-state index contributed by atoms with van der Waals surface area (Å²) in [6.45, 7) is 1.61. The number of nitrogens with zero attached hydrogens (tertiary/aromatic N) is 1. The number of carbonyl (C=O) groups excluding carboxylic acids is 2. The molecule has 0 unspecified atom stereocenters. The molecule has 3 aromatic rings. The quantitative estimate of drug-likeness (QED) is 0.661. The first-order valence-electron chi connectivity index (χ1n) is 7.96. The summed E-state index contributed by atoms with van der Waals surface area (Å²) in [6.07, 6.45) is 1.64. The van der Waals surface area contributed by atoms with Gasteiger partial charge in [0.05, 0.1) is 7.11 Å². The van der Waals surface area contributed by atoms with Crippen molar-refractivity contribution < 1.29 is 14.3 Å². The van der Waals surface area contributed by atoms with E-state index in [9.17, 15) is 9.59 Å². The average molecular weight is 413 g/mol. The summed E-state index contributed by atoms with van der Waals surface area (Å²) in [4.78, 5) is 29.4. The van der Waals surface area contributed by atoms with E-state index in [4.69, 9.17) is 4.74 Å². The number of benzene rings is 2. The van der Waals surface area contributed by atoms with Gasteiger partial charge in [-0.15, -0.1) is 0 Å². The Kier molecular flexibility index (Phi) is 5.04. The van der Waals surface area contributed by atoms with Crippen molar-refractivity contribution in [1.29, 1.82) is 0 Å². The van der Waals surface area contributed by atoms with Gasteiger partial charge in [0, 0.05) is 16.1 Å². The highest BCUT2D eigenvalue weighted by Gasteiger charge is 2.38. The van der Waals surface area contributed by atoms with Crippen LogP contribution in [0.4, 0.5) is 0 Å². The van der Waals surface area contributed by atoms with Gasteiger partial charge >= 0.3 is 5.97 Å². The van der Waals surface area contributed by atoms with Gasteiger partial charge in [0.15, 0.2) is 5.54 Å². The Morgan fingerprint density at radius 1 is 1.08 bits per heavy atom. The number of carbonyl (C=O) groups is 2. The normalized spacial score (nSPS) is 13.0. The smallest absolute Gasteiger partial charge is 0.336 e. The van der Waals surface area contributed by atoms with E-state index in [0.29, 0.717) is 5.56 Å². The lowest BCUT2D eigenvalue weighted by Gasteiger charge is -2.28. The molecule has 0 aliphatic heterocycles. The highest BCUT2D eigenvalue weighted by atomic mass is 79.9. The van der Waals surface area contributed by atoms with Crippen LogP contribution < -0.4 is 5.32 Å². The maximum absolute atomic E-state index is 12.8. The standard InChI is InChI=1S/C20H17BrN2O3/c1-20(19(25)26-2,15-7-9-16(21)10-8-15)23-18(24)17-11-13-5-3-4-6-14(13)12-22-17/h3-12H,1-2H3,(H,23,24)/t20-/m0/s1. The molecule has 2 aromatic carbocycles. The van der Waals surface area contributed by atoms with Crippen molar-refractivity contribution >= 4 is 38.6 Å². The molecular formula is C20H17BrN2O3. The lowest BCUT2D eigenvalue weighted by molar-refractivity contribution is -0.148. The molecule has 1 N–H and O–H groups in total. The molecule has 0 bridgehead atoms. The third-order valence-corrected chi connectivity index (χ3v) is 4.77. The first-order chi connectivity index (χ1) is 12.4. The molecule has 1 atom stereocenters.